The lowest BCUT2D eigenvalue weighted by Gasteiger charge is -2.43. The van der Waals surface area contributed by atoms with Crippen molar-refractivity contribution in [1.82, 2.24) is 10.2 Å². The number of carbonyl (C=O) groups excluding carboxylic acids is 2. The second-order valence-corrected chi connectivity index (χ2v) is 4.12. The van der Waals surface area contributed by atoms with Gasteiger partial charge in [0.05, 0.1) is 11.7 Å². The lowest BCUT2D eigenvalue weighted by atomic mass is 9.96. The molecule has 2 aliphatic rings. The average molecular weight is 292 g/mol. The highest BCUT2D eigenvalue weighted by Crippen LogP contribution is 2.35. The van der Waals surface area contributed by atoms with E-state index < -0.39 is 0 Å². The third kappa shape index (κ3) is 1.13. The van der Waals surface area contributed by atoms with Crippen molar-refractivity contribution in [2.75, 3.05) is 7.05 Å². The molecule has 1 N–H and O–H groups in total. The van der Waals surface area contributed by atoms with Crippen molar-refractivity contribution < 1.29 is 9.59 Å². The molecule has 1 fully saturated rings. The van der Waals surface area contributed by atoms with E-state index in [-0.39, 0.29) is 21.8 Å². The van der Waals surface area contributed by atoms with E-state index in [4.69, 9.17) is 0 Å². The van der Waals surface area contributed by atoms with Gasteiger partial charge < -0.3 is 10.2 Å². The largest absolute Gasteiger partial charge is 0.307 e. The zero-order valence-corrected chi connectivity index (χ0v) is 9.24. The number of rotatable bonds is 2. The summed E-state index contributed by atoms with van der Waals surface area (Å²) in [7, 11) is 1.77. The van der Waals surface area contributed by atoms with Crippen LogP contribution in [0.2, 0.25) is 0 Å². The van der Waals surface area contributed by atoms with Crippen LogP contribution in [0.25, 0.3) is 0 Å². The van der Waals surface area contributed by atoms with Crippen molar-refractivity contribution in [3.05, 3.63) is 11.8 Å². The Morgan fingerprint density at radius 1 is 1.77 bits per heavy atom. The number of amides is 1. The highest BCUT2D eigenvalue weighted by Gasteiger charge is 2.51. The minimum atomic E-state index is -0.0931. The molecule has 5 heteroatoms. The van der Waals surface area contributed by atoms with E-state index in [0.29, 0.717) is 5.70 Å². The van der Waals surface area contributed by atoms with Crippen LogP contribution in [-0.4, -0.2) is 33.7 Å². The topological polar surface area (TPSA) is 49.4 Å². The van der Waals surface area contributed by atoms with E-state index in [1.807, 2.05) is 6.08 Å². The maximum absolute atomic E-state index is 11.5. The van der Waals surface area contributed by atoms with E-state index >= 15 is 0 Å². The van der Waals surface area contributed by atoms with Gasteiger partial charge in [0.2, 0.25) is 9.70 Å². The first-order chi connectivity index (χ1) is 6.16. The van der Waals surface area contributed by atoms with Gasteiger partial charge in [0.1, 0.15) is 6.04 Å². The number of β-lactam (4-membered cyclic amide) rings is 1. The molecule has 0 spiro atoms. The van der Waals surface area contributed by atoms with Gasteiger partial charge in [-0.25, -0.2) is 0 Å². The summed E-state index contributed by atoms with van der Waals surface area (Å²) in [6, 6.07) is 0.0794. The Labute approximate surface area is 89.5 Å². The number of hydrogen-bond acceptors (Lipinski definition) is 3. The molecule has 2 rings (SSSR count). The van der Waals surface area contributed by atoms with Crippen LogP contribution in [0.4, 0.5) is 0 Å². The molecule has 0 radical (unpaired) electrons. The first-order valence-corrected chi connectivity index (χ1v) is 5.15. The minimum Gasteiger partial charge on any atom is -0.307 e. The summed E-state index contributed by atoms with van der Waals surface area (Å²) in [5, 5.41) is 2.94. The fraction of sp³-hybridized carbons (Fsp3) is 0.500. The number of hydrogen-bond donors (Lipinski definition) is 1. The number of fused-ring (bicyclic) bond motifs is 1. The average Bonchev–Trinajstić information content (AvgIpc) is 2.45. The van der Waals surface area contributed by atoms with Crippen LogP contribution in [0, 0.1) is 0 Å². The Morgan fingerprint density at radius 2 is 2.46 bits per heavy atom. The summed E-state index contributed by atoms with van der Waals surface area (Å²) in [6.07, 6.45) is 2.63. The quantitative estimate of drug-likeness (QED) is 0.444. The molecule has 70 valence electrons. The van der Waals surface area contributed by atoms with Gasteiger partial charge in [-0.15, -0.1) is 0 Å². The first kappa shape index (κ1) is 9.14. The molecule has 2 atom stereocenters. The maximum Gasteiger partial charge on any atom is 0.246 e. The SMILES string of the molecule is CNC1C(=O)N2C(C(=O)I)=CCC12. The second-order valence-electron chi connectivity index (χ2n) is 3.14. The number of carbonyl (C=O) groups is 2. The minimum absolute atomic E-state index is 0.0151. The number of nitrogens with one attached hydrogen (secondary N) is 1. The highest BCUT2D eigenvalue weighted by atomic mass is 127. The maximum atomic E-state index is 11.5. The Hall–Kier alpha value is -0.430. The predicted molar refractivity (Wildman–Crippen MR) is 55.2 cm³/mol. The summed E-state index contributed by atoms with van der Waals surface area (Å²) >= 11 is 1.71. The van der Waals surface area contributed by atoms with Gasteiger partial charge in [-0.2, -0.15) is 0 Å². The van der Waals surface area contributed by atoms with Crippen LogP contribution in [0.3, 0.4) is 0 Å². The van der Waals surface area contributed by atoms with E-state index in [9.17, 15) is 9.59 Å². The molecule has 4 nitrogen and oxygen atoms in total. The Balaban J connectivity index is 2.18. The van der Waals surface area contributed by atoms with Crippen molar-refractivity contribution in [2.45, 2.75) is 18.5 Å². The Morgan fingerprint density at radius 3 is 3.00 bits per heavy atom. The molecule has 1 amide bonds. The molecule has 2 heterocycles. The van der Waals surface area contributed by atoms with Gasteiger partial charge in [-0.1, -0.05) is 6.08 Å². The summed E-state index contributed by atoms with van der Waals surface area (Å²) in [4.78, 5) is 24.1. The predicted octanol–water partition coefficient (Wildman–Crippen LogP) is 0.0344. The van der Waals surface area contributed by atoms with Gasteiger partial charge >= 0.3 is 0 Å². The Bertz CT molecular complexity index is 313. The molecule has 1 saturated heterocycles. The lowest BCUT2D eigenvalue weighted by Crippen LogP contribution is -2.67. The Kier molecular flexibility index (Phi) is 2.15. The van der Waals surface area contributed by atoms with Crippen molar-refractivity contribution in [3.8, 4) is 0 Å². The van der Waals surface area contributed by atoms with Crippen molar-refractivity contribution in [3.63, 3.8) is 0 Å². The van der Waals surface area contributed by atoms with Crippen molar-refractivity contribution >= 4 is 32.3 Å². The zero-order valence-electron chi connectivity index (χ0n) is 7.08. The normalized spacial score (nSPS) is 31.1. The molecule has 13 heavy (non-hydrogen) atoms. The molecular weight excluding hydrogens is 283 g/mol. The highest BCUT2D eigenvalue weighted by molar-refractivity contribution is 14.1. The van der Waals surface area contributed by atoms with Gasteiger partial charge in [0.25, 0.3) is 0 Å². The summed E-state index contributed by atoms with van der Waals surface area (Å²) in [5.74, 6) is 0.0151. The van der Waals surface area contributed by atoms with E-state index in [1.54, 1.807) is 34.5 Å². The number of allylic oxidation sites excluding steroid dienone is 1. The van der Waals surface area contributed by atoms with E-state index in [1.165, 1.54) is 0 Å². The van der Waals surface area contributed by atoms with Crippen LogP contribution in [0.1, 0.15) is 6.42 Å². The van der Waals surface area contributed by atoms with Gasteiger partial charge in [-0.3, -0.25) is 9.59 Å². The lowest BCUT2D eigenvalue weighted by molar-refractivity contribution is -0.146. The summed E-state index contributed by atoms with van der Waals surface area (Å²) < 4.78 is -0.0528. The molecule has 0 aromatic heterocycles. The smallest absolute Gasteiger partial charge is 0.246 e. The summed E-state index contributed by atoms with van der Waals surface area (Å²) in [6.45, 7) is 0. The molecular formula is C8H9IN2O2. The number of nitrogens with zero attached hydrogens (tertiary/aromatic N) is 1. The fourth-order valence-corrected chi connectivity index (χ4v) is 2.39. The molecule has 0 bridgehead atoms. The van der Waals surface area contributed by atoms with Gasteiger partial charge in [0, 0.05) is 22.6 Å². The third-order valence-corrected chi connectivity index (χ3v) is 3.10. The standard InChI is InChI=1S/C8H9IN2O2/c1-10-6-4-2-3-5(7(9)12)11(4)8(6)13/h3-4,6,10H,2H2,1H3. The number of likely N-dealkylation sites (N-methyl/N-ethyl adjacent to an activating group) is 1. The van der Waals surface area contributed by atoms with Crippen molar-refractivity contribution in [1.29, 1.82) is 0 Å². The van der Waals surface area contributed by atoms with Crippen LogP contribution >= 0.6 is 22.6 Å². The van der Waals surface area contributed by atoms with Crippen LogP contribution < -0.4 is 5.32 Å². The second kappa shape index (κ2) is 3.06. The third-order valence-electron chi connectivity index (χ3n) is 2.54. The summed E-state index contributed by atoms with van der Waals surface area (Å²) in [5.41, 5.74) is 0.558. The molecule has 0 aromatic carbocycles. The molecule has 0 aromatic rings. The van der Waals surface area contributed by atoms with E-state index in [0.717, 1.165) is 6.42 Å². The molecule has 2 aliphatic heterocycles. The monoisotopic (exact) mass is 292 g/mol. The molecule has 0 aliphatic carbocycles. The van der Waals surface area contributed by atoms with Gasteiger partial charge in [0.15, 0.2) is 0 Å². The van der Waals surface area contributed by atoms with Crippen molar-refractivity contribution in [2.24, 2.45) is 0 Å². The molecule has 0 saturated carbocycles. The van der Waals surface area contributed by atoms with Gasteiger partial charge in [-0.05, 0) is 13.5 Å². The number of halogens is 1. The molecule has 2 unspecified atom stereocenters. The zero-order chi connectivity index (χ0) is 9.59. The van der Waals surface area contributed by atoms with Crippen LogP contribution in [-0.2, 0) is 9.59 Å². The van der Waals surface area contributed by atoms with Crippen LogP contribution in [0.5, 0.6) is 0 Å². The van der Waals surface area contributed by atoms with Crippen LogP contribution in [0.15, 0.2) is 11.8 Å². The first-order valence-electron chi connectivity index (χ1n) is 4.07. The fourth-order valence-electron chi connectivity index (χ4n) is 1.91. The van der Waals surface area contributed by atoms with E-state index in [2.05, 4.69) is 5.32 Å².